The third kappa shape index (κ3) is 2.25. The minimum Gasteiger partial charge on any atom is -0.497 e. The molecule has 5 nitrogen and oxygen atoms in total. The van der Waals surface area contributed by atoms with Crippen molar-refractivity contribution in [2.45, 2.75) is 13.8 Å². The highest BCUT2D eigenvalue weighted by molar-refractivity contribution is 6.14. The maximum atomic E-state index is 11.9. The Morgan fingerprint density at radius 3 is 2.39 bits per heavy atom. The molecule has 0 fully saturated rings. The van der Waals surface area contributed by atoms with Crippen molar-refractivity contribution in [2.75, 3.05) is 14.2 Å². The number of aromatic nitrogens is 1. The van der Waals surface area contributed by atoms with Crippen LogP contribution in [0, 0.1) is 13.8 Å². The van der Waals surface area contributed by atoms with E-state index in [2.05, 4.69) is 4.98 Å². The summed E-state index contributed by atoms with van der Waals surface area (Å²) < 4.78 is 10.6. The Morgan fingerprint density at radius 1 is 1.04 bits per heavy atom. The predicted molar refractivity (Wildman–Crippen MR) is 88.8 cm³/mol. The summed E-state index contributed by atoms with van der Waals surface area (Å²) in [5.41, 5.74) is 3.39. The summed E-state index contributed by atoms with van der Waals surface area (Å²) in [5.74, 6) is 0.249. The van der Waals surface area contributed by atoms with E-state index in [9.17, 15) is 9.90 Å². The molecule has 0 radical (unpaired) electrons. The third-order valence-electron chi connectivity index (χ3n) is 4.23. The van der Waals surface area contributed by atoms with Crippen LogP contribution in [0.5, 0.6) is 11.5 Å². The van der Waals surface area contributed by atoms with Gasteiger partial charge in [-0.25, -0.2) is 9.78 Å². The van der Waals surface area contributed by atoms with Crippen molar-refractivity contribution < 1.29 is 19.4 Å². The molecule has 0 bridgehead atoms. The Kier molecular flexibility index (Phi) is 3.56. The van der Waals surface area contributed by atoms with Crippen LogP contribution in [-0.2, 0) is 0 Å². The summed E-state index contributed by atoms with van der Waals surface area (Å²) in [6.07, 6.45) is 0. The minimum absolute atomic E-state index is 0.213. The van der Waals surface area contributed by atoms with Crippen LogP contribution < -0.4 is 9.47 Å². The molecule has 1 N–H and O–H groups in total. The van der Waals surface area contributed by atoms with Gasteiger partial charge in [0.2, 0.25) is 0 Å². The van der Waals surface area contributed by atoms with Gasteiger partial charge in [-0.1, -0.05) is 0 Å². The van der Waals surface area contributed by atoms with Crippen LogP contribution in [0.3, 0.4) is 0 Å². The molecule has 0 saturated heterocycles. The van der Waals surface area contributed by atoms with Crippen molar-refractivity contribution in [3.8, 4) is 11.5 Å². The number of carboxylic acid groups (broad SMARTS) is 1. The van der Waals surface area contributed by atoms with Gasteiger partial charge >= 0.3 is 5.97 Å². The molecule has 5 heteroatoms. The monoisotopic (exact) mass is 311 g/mol. The fourth-order valence-electron chi connectivity index (χ4n) is 2.85. The molecule has 1 aromatic heterocycles. The van der Waals surface area contributed by atoms with Crippen LogP contribution in [0.1, 0.15) is 21.5 Å². The molecule has 0 spiro atoms. The van der Waals surface area contributed by atoms with Crippen LogP contribution in [0.4, 0.5) is 0 Å². The summed E-state index contributed by atoms with van der Waals surface area (Å²) >= 11 is 0. The number of carboxylic acids is 1. The van der Waals surface area contributed by atoms with Crippen molar-refractivity contribution in [3.05, 3.63) is 41.0 Å². The normalized spacial score (nSPS) is 11.0. The number of aromatic carboxylic acids is 1. The highest BCUT2D eigenvalue weighted by Gasteiger charge is 2.19. The number of ether oxygens (including phenoxy) is 2. The van der Waals surface area contributed by atoms with Crippen LogP contribution >= 0.6 is 0 Å². The van der Waals surface area contributed by atoms with Crippen LogP contribution in [0.2, 0.25) is 0 Å². The molecule has 0 aliphatic heterocycles. The smallest absolute Gasteiger partial charge is 0.337 e. The van der Waals surface area contributed by atoms with Gasteiger partial charge in [0.1, 0.15) is 11.5 Å². The van der Waals surface area contributed by atoms with Gasteiger partial charge in [0.15, 0.2) is 0 Å². The molecule has 3 aromatic rings. The number of benzene rings is 2. The number of hydrogen-bond donors (Lipinski definition) is 1. The SMILES string of the molecule is COc1ccc2nc3c(C)c(C)c(OC)cc3c(C(=O)O)c2c1. The second-order valence-corrected chi connectivity index (χ2v) is 5.40. The number of methoxy groups -OCH3 is 2. The highest BCUT2D eigenvalue weighted by Crippen LogP contribution is 2.35. The molecular weight excluding hydrogens is 294 g/mol. The molecule has 3 rings (SSSR count). The Morgan fingerprint density at radius 2 is 1.78 bits per heavy atom. The molecule has 0 amide bonds. The van der Waals surface area contributed by atoms with E-state index >= 15 is 0 Å². The van der Waals surface area contributed by atoms with E-state index in [0.717, 1.165) is 11.1 Å². The number of rotatable bonds is 3. The Balaban J connectivity index is 2.56. The quantitative estimate of drug-likeness (QED) is 0.747. The topological polar surface area (TPSA) is 68.7 Å². The summed E-state index contributed by atoms with van der Waals surface area (Å²) in [6.45, 7) is 3.86. The van der Waals surface area contributed by atoms with E-state index in [0.29, 0.717) is 33.3 Å². The number of hydrogen-bond acceptors (Lipinski definition) is 4. The Labute approximate surface area is 133 Å². The highest BCUT2D eigenvalue weighted by atomic mass is 16.5. The third-order valence-corrected chi connectivity index (χ3v) is 4.23. The molecule has 0 aliphatic rings. The molecule has 1 heterocycles. The van der Waals surface area contributed by atoms with Crippen LogP contribution in [-0.4, -0.2) is 30.3 Å². The van der Waals surface area contributed by atoms with Gasteiger partial charge in [0, 0.05) is 10.8 Å². The minimum atomic E-state index is -0.999. The number of pyridine rings is 1. The van der Waals surface area contributed by atoms with E-state index < -0.39 is 5.97 Å². The zero-order valence-corrected chi connectivity index (χ0v) is 13.4. The van der Waals surface area contributed by atoms with E-state index in [1.54, 1.807) is 38.5 Å². The molecule has 0 saturated carbocycles. The zero-order valence-electron chi connectivity index (χ0n) is 13.4. The lowest BCUT2D eigenvalue weighted by atomic mass is 9.97. The van der Waals surface area contributed by atoms with Gasteiger partial charge in [-0.2, -0.15) is 0 Å². The van der Waals surface area contributed by atoms with E-state index in [4.69, 9.17) is 9.47 Å². The first-order chi connectivity index (χ1) is 11.0. The first-order valence-corrected chi connectivity index (χ1v) is 7.17. The standard InChI is InChI=1S/C18H17NO4/c1-9-10(2)17-13(8-15(9)23-4)16(18(20)21)12-7-11(22-3)5-6-14(12)19-17/h5-8H,1-4H3,(H,20,21). The van der Waals surface area contributed by atoms with E-state index in [-0.39, 0.29) is 5.56 Å². The number of nitrogens with zero attached hydrogens (tertiary/aromatic N) is 1. The molecule has 0 atom stereocenters. The molecular formula is C18H17NO4. The lowest BCUT2D eigenvalue weighted by Gasteiger charge is -2.14. The van der Waals surface area contributed by atoms with Gasteiger partial charge in [-0.15, -0.1) is 0 Å². The van der Waals surface area contributed by atoms with Crippen molar-refractivity contribution in [1.82, 2.24) is 4.98 Å². The van der Waals surface area contributed by atoms with Crippen molar-refractivity contribution in [2.24, 2.45) is 0 Å². The number of aryl methyl sites for hydroxylation is 1. The van der Waals surface area contributed by atoms with Crippen molar-refractivity contribution in [3.63, 3.8) is 0 Å². The second kappa shape index (κ2) is 5.43. The first-order valence-electron chi connectivity index (χ1n) is 7.17. The summed E-state index contributed by atoms with van der Waals surface area (Å²) in [7, 11) is 3.12. The van der Waals surface area contributed by atoms with E-state index in [1.807, 2.05) is 13.8 Å². The maximum Gasteiger partial charge on any atom is 0.337 e. The first kappa shape index (κ1) is 15.1. The number of carbonyl (C=O) groups is 1. The zero-order chi connectivity index (χ0) is 16.7. The van der Waals surface area contributed by atoms with Crippen molar-refractivity contribution in [1.29, 1.82) is 0 Å². The molecule has 0 aliphatic carbocycles. The van der Waals surface area contributed by atoms with Crippen LogP contribution in [0.25, 0.3) is 21.8 Å². The summed E-state index contributed by atoms with van der Waals surface area (Å²) in [5, 5.41) is 10.9. The van der Waals surface area contributed by atoms with Crippen LogP contribution in [0.15, 0.2) is 24.3 Å². The fraction of sp³-hybridized carbons (Fsp3) is 0.222. The van der Waals surface area contributed by atoms with Gasteiger partial charge in [-0.05, 0) is 49.2 Å². The lowest BCUT2D eigenvalue weighted by Crippen LogP contribution is -2.03. The lowest BCUT2D eigenvalue weighted by molar-refractivity contribution is 0.0701. The van der Waals surface area contributed by atoms with Crippen molar-refractivity contribution >= 4 is 27.8 Å². The predicted octanol–water partition coefficient (Wildman–Crippen LogP) is 3.72. The molecule has 2 aromatic carbocycles. The fourth-order valence-corrected chi connectivity index (χ4v) is 2.85. The van der Waals surface area contributed by atoms with E-state index in [1.165, 1.54) is 0 Å². The molecule has 118 valence electrons. The summed E-state index contributed by atoms with van der Waals surface area (Å²) in [6, 6.07) is 7.00. The molecule has 23 heavy (non-hydrogen) atoms. The largest absolute Gasteiger partial charge is 0.497 e. The Bertz CT molecular complexity index is 947. The molecule has 0 unspecified atom stereocenters. The second-order valence-electron chi connectivity index (χ2n) is 5.40. The number of fused-ring (bicyclic) bond motifs is 2. The van der Waals surface area contributed by atoms with Gasteiger partial charge in [-0.3, -0.25) is 0 Å². The summed E-state index contributed by atoms with van der Waals surface area (Å²) in [4.78, 5) is 16.6. The Hall–Kier alpha value is -2.82. The van der Waals surface area contributed by atoms with Gasteiger partial charge in [0.25, 0.3) is 0 Å². The average molecular weight is 311 g/mol. The van der Waals surface area contributed by atoms with Gasteiger partial charge in [0.05, 0.1) is 30.8 Å². The average Bonchev–Trinajstić information content (AvgIpc) is 2.55. The van der Waals surface area contributed by atoms with Gasteiger partial charge < -0.3 is 14.6 Å². The maximum absolute atomic E-state index is 11.9.